The first-order valence-electron chi connectivity index (χ1n) is 14.7. The number of alkyl halides is 3. The van der Waals surface area contributed by atoms with Crippen LogP contribution in [-0.2, 0) is 49.6 Å². The lowest BCUT2D eigenvalue weighted by atomic mass is 10.00. The van der Waals surface area contributed by atoms with Crippen molar-refractivity contribution in [2.45, 2.75) is 58.5 Å². The van der Waals surface area contributed by atoms with Crippen LogP contribution in [0.1, 0.15) is 43.0 Å². The maximum absolute atomic E-state index is 12.2. The molecule has 6 rings (SSSR count). The molecule has 2 amide bonds. The molecular formula is C33H42F3I3N6O3. The van der Waals surface area contributed by atoms with Gasteiger partial charge in [0, 0.05) is 102 Å². The molecule has 0 N–H and O–H groups in total. The summed E-state index contributed by atoms with van der Waals surface area (Å²) in [6, 6.07) is 15.5. The molecule has 0 bridgehead atoms. The third-order valence-corrected chi connectivity index (χ3v) is 6.72. The van der Waals surface area contributed by atoms with Crippen molar-refractivity contribution in [3.05, 3.63) is 108 Å². The lowest BCUT2D eigenvalue weighted by Crippen LogP contribution is -2.43. The standard InChI is InChI=1S/C14H19NO2.C11H10F3NO.2C4H6N2.I2.HI/c1-14(2,3)17-13(16)15-9-8-11-6-4-5-7-12(11)10-15;12-11(13,14)10(16)15-6-5-8-3-1-2-4-9(8)7-15;2*1-6-3-2-5-4-6;1-2;/h4-7H,8-10H2,1-3H3;1-4H,5-7H2;2*2-4H,1H3;;1H. The fraction of sp³-hybridized carbons (Fsp3) is 0.394. The molecule has 264 valence electrons. The summed E-state index contributed by atoms with van der Waals surface area (Å²) in [6.45, 7) is 7.26. The molecule has 2 aromatic carbocycles. The van der Waals surface area contributed by atoms with E-state index in [0.29, 0.717) is 13.0 Å². The largest absolute Gasteiger partial charge is 0.471 e. The number of imidazole rings is 2. The van der Waals surface area contributed by atoms with Crippen LogP contribution < -0.4 is 0 Å². The van der Waals surface area contributed by atoms with Crippen molar-refractivity contribution in [2.24, 2.45) is 14.1 Å². The molecule has 2 aromatic heterocycles. The average Bonchev–Trinajstić information content (AvgIpc) is 3.74. The Labute approximate surface area is 321 Å². The molecule has 0 unspecified atom stereocenters. The molecule has 0 radical (unpaired) electrons. The Morgan fingerprint density at radius 3 is 1.46 bits per heavy atom. The number of ether oxygens (including phenoxy) is 1. The van der Waals surface area contributed by atoms with Crippen molar-refractivity contribution in [1.82, 2.24) is 28.9 Å². The minimum atomic E-state index is -4.77. The van der Waals surface area contributed by atoms with Crippen molar-refractivity contribution in [3.63, 3.8) is 0 Å². The van der Waals surface area contributed by atoms with E-state index in [4.69, 9.17) is 4.74 Å². The Bertz CT molecular complexity index is 1470. The van der Waals surface area contributed by atoms with Crippen LogP contribution in [0, 0.1) is 0 Å². The number of nitrogens with zero attached hydrogens (tertiary/aromatic N) is 6. The minimum Gasteiger partial charge on any atom is -0.444 e. The van der Waals surface area contributed by atoms with E-state index in [0.717, 1.165) is 29.0 Å². The number of fused-ring (bicyclic) bond motifs is 2. The number of halogens is 6. The molecule has 9 nitrogen and oxygen atoms in total. The predicted octanol–water partition coefficient (Wildman–Crippen LogP) is 8.34. The first-order chi connectivity index (χ1) is 22.2. The topological polar surface area (TPSA) is 85.5 Å². The summed E-state index contributed by atoms with van der Waals surface area (Å²) in [7, 11) is 3.88. The summed E-state index contributed by atoms with van der Waals surface area (Å²) in [6.07, 6.45) is 7.19. The zero-order valence-electron chi connectivity index (χ0n) is 27.5. The van der Waals surface area contributed by atoms with Crippen LogP contribution in [0.25, 0.3) is 0 Å². The van der Waals surface area contributed by atoms with E-state index in [1.807, 2.05) is 80.7 Å². The number of rotatable bonds is 0. The molecule has 15 heteroatoms. The second kappa shape index (κ2) is 21.6. The molecule has 0 saturated heterocycles. The molecule has 0 atom stereocenters. The smallest absolute Gasteiger partial charge is 0.444 e. The van der Waals surface area contributed by atoms with Crippen LogP contribution in [0.2, 0.25) is 0 Å². The van der Waals surface area contributed by atoms with Gasteiger partial charge in [-0.3, -0.25) is 4.79 Å². The molecule has 4 heterocycles. The monoisotopic (exact) mass is 1010 g/mol. The molecule has 48 heavy (non-hydrogen) atoms. The number of aryl methyl sites for hydroxylation is 2. The van der Waals surface area contributed by atoms with Crippen LogP contribution in [0.15, 0.2) is 86.0 Å². The highest BCUT2D eigenvalue weighted by atomic mass is 128. The third kappa shape index (κ3) is 15.9. The van der Waals surface area contributed by atoms with Crippen molar-refractivity contribution in [1.29, 1.82) is 0 Å². The SMILES string of the molecule is CC(C)(C)OC(=O)N1CCc2ccccc2C1.Cn1ccnc1.Cn1ccnc1.I.II.O=C(N1CCc2ccccc2C1)C(F)(F)F. The van der Waals surface area contributed by atoms with Crippen LogP contribution >= 0.6 is 61.2 Å². The molecular weight excluding hydrogens is 966 g/mol. The summed E-state index contributed by atoms with van der Waals surface area (Å²) >= 11 is 4.24. The van der Waals surface area contributed by atoms with E-state index in [1.165, 1.54) is 11.1 Å². The second-order valence-corrected chi connectivity index (χ2v) is 11.6. The summed E-state index contributed by atoms with van der Waals surface area (Å²) in [5.41, 5.74) is 3.96. The molecule has 0 aliphatic carbocycles. The maximum Gasteiger partial charge on any atom is 0.471 e. The van der Waals surface area contributed by atoms with Crippen molar-refractivity contribution in [2.75, 3.05) is 13.1 Å². The van der Waals surface area contributed by atoms with Crippen molar-refractivity contribution < 1.29 is 27.5 Å². The number of carbonyl (C=O) groups is 2. The Hall–Kier alpha value is -2.42. The van der Waals surface area contributed by atoms with Crippen LogP contribution in [-0.4, -0.2) is 65.8 Å². The van der Waals surface area contributed by atoms with Gasteiger partial charge in [-0.05, 0) is 55.9 Å². The lowest BCUT2D eigenvalue weighted by Gasteiger charge is -2.31. The Kier molecular flexibility index (Phi) is 19.6. The Morgan fingerprint density at radius 1 is 0.729 bits per heavy atom. The van der Waals surface area contributed by atoms with E-state index >= 15 is 0 Å². The van der Waals surface area contributed by atoms with Gasteiger partial charge < -0.3 is 23.7 Å². The Morgan fingerprint density at radius 2 is 1.12 bits per heavy atom. The van der Waals surface area contributed by atoms with Gasteiger partial charge in [0.05, 0.1) is 12.7 Å². The highest BCUT2D eigenvalue weighted by molar-refractivity contribution is 15.0. The predicted molar refractivity (Wildman–Crippen MR) is 208 cm³/mol. The number of aromatic nitrogens is 4. The van der Waals surface area contributed by atoms with Gasteiger partial charge in [0.1, 0.15) is 5.60 Å². The average molecular weight is 1010 g/mol. The zero-order valence-corrected chi connectivity index (χ0v) is 34.2. The van der Waals surface area contributed by atoms with Gasteiger partial charge in [-0.25, -0.2) is 14.8 Å². The van der Waals surface area contributed by atoms with E-state index in [2.05, 4.69) is 59.3 Å². The normalized spacial score (nSPS) is 13.0. The highest BCUT2D eigenvalue weighted by Crippen LogP contribution is 2.24. The molecule has 0 saturated carbocycles. The minimum absolute atomic E-state index is 0. The van der Waals surface area contributed by atoms with E-state index in [-0.39, 0.29) is 43.2 Å². The fourth-order valence-corrected chi connectivity index (χ4v) is 4.48. The lowest BCUT2D eigenvalue weighted by molar-refractivity contribution is -0.186. The number of hydrogen-bond donors (Lipinski definition) is 0. The summed E-state index contributed by atoms with van der Waals surface area (Å²) < 4.78 is 45.8. The molecule has 2 aliphatic heterocycles. The van der Waals surface area contributed by atoms with Crippen LogP contribution in [0.4, 0.5) is 18.0 Å². The Balaban J connectivity index is 0.000000341. The van der Waals surface area contributed by atoms with Gasteiger partial charge in [-0.1, -0.05) is 48.5 Å². The van der Waals surface area contributed by atoms with E-state index < -0.39 is 17.7 Å². The number of carbonyl (C=O) groups excluding carboxylic acids is 2. The van der Waals surface area contributed by atoms with E-state index in [1.54, 1.807) is 42.1 Å². The van der Waals surface area contributed by atoms with E-state index in [9.17, 15) is 22.8 Å². The number of benzene rings is 2. The van der Waals surface area contributed by atoms with Gasteiger partial charge in [0.25, 0.3) is 0 Å². The third-order valence-electron chi connectivity index (χ3n) is 6.72. The quantitative estimate of drug-likeness (QED) is 0.166. The van der Waals surface area contributed by atoms with Gasteiger partial charge >= 0.3 is 18.2 Å². The first-order valence-corrected chi connectivity index (χ1v) is 21.0. The number of hydrogen-bond acceptors (Lipinski definition) is 5. The van der Waals surface area contributed by atoms with Crippen molar-refractivity contribution in [3.8, 4) is 0 Å². The van der Waals surface area contributed by atoms with Gasteiger partial charge in [0.15, 0.2) is 0 Å². The maximum atomic E-state index is 12.2. The summed E-state index contributed by atoms with van der Waals surface area (Å²) in [5, 5.41) is 0. The first kappa shape index (κ1) is 43.6. The molecule has 4 aromatic rings. The van der Waals surface area contributed by atoms with Gasteiger partial charge in [0.2, 0.25) is 0 Å². The summed E-state index contributed by atoms with van der Waals surface area (Å²) in [5.74, 6) is -1.75. The van der Waals surface area contributed by atoms with Gasteiger partial charge in [-0.2, -0.15) is 13.2 Å². The second-order valence-electron chi connectivity index (χ2n) is 11.6. The van der Waals surface area contributed by atoms with Crippen LogP contribution in [0.3, 0.4) is 0 Å². The van der Waals surface area contributed by atoms with Crippen LogP contribution in [0.5, 0.6) is 0 Å². The molecule has 2 aliphatic rings. The zero-order chi connectivity index (χ0) is 35.0. The highest BCUT2D eigenvalue weighted by Gasteiger charge is 2.43. The molecule has 0 spiro atoms. The van der Waals surface area contributed by atoms with Gasteiger partial charge in [-0.15, -0.1) is 24.0 Å². The molecule has 0 fully saturated rings. The fourth-order valence-electron chi connectivity index (χ4n) is 4.48. The van der Waals surface area contributed by atoms with Crippen molar-refractivity contribution >= 4 is 73.2 Å². The summed E-state index contributed by atoms with van der Waals surface area (Å²) in [4.78, 5) is 33.1. The number of amides is 2.